The molecule has 0 aliphatic heterocycles. The summed E-state index contributed by atoms with van der Waals surface area (Å²) in [6.07, 6.45) is 0. The topological polar surface area (TPSA) is 52.6 Å². The van der Waals surface area contributed by atoms with Crippen LogP contribution in [-0.2, 0) is 15.7 Å². The third kappa shape index (κ3) is 4.28. The normalized spacial score (nSPS) is 12.2. The van der Waals surface area contributed by atoms with Crippen LogP contribution in [0.3, 0.4) is 0 Å². The molecule has 1 rings (SSSR count). The predicted molar refractivity (Wildman–Crippen MR) is 81.6 cm³/mol. The Hall–Kier alpha value is -0.940. The number of ether oxygens (including phenoxy) is 2. The van der Waals surface area contributed by atoms with Crippen LogP contribution in [0.4, 0.5) is 0 Å². The lowest BCUT2D eigenvalue weighted by molar-refractivity contribution is 0.311. The van der Waals surface area contributed by atoms with Crippen LogP contribution < -0.4 is 9.47 Å². The van der Waals surface area contributed by atoms with Gasteiger partial charge >= 0.3 is 0 Å². The number of rotatable bonds is 6. The summed E-state index contributed by atoms with van der Waals surface area (Å²) in [6, 6.07) is 5.34. The Labute approximate surface area is 126 Å². The number of hydrogen-bond acceptors (Lipinski definition) is 4. The first-order chi connectivity index (χ1) is 9.21. The van der Waals surface area contributed by atoms with Crippen LogP contribution in [0, 0.1) is 0 Å². The molecule has 0 N–H and O–H groups in total. The van der Waals surface area contributed by atoms with E-state index in [1.54, 1.807) is 32.9 Å². The monoisotopic (exact) mass is 320 g/mol. The van der Waals surface area contributed by atoms with Crippen molar-refractivity contribution >= 4 is 21.4 Å². The van der Waals surface area contributed by atoms with Crippen molar-refractivity contribution in [1.82, 2.24) is 0 Å². The second kappa shape index (κ2) is 6.68. The molecule has 0 saturated heterocycles. The molecule has 0 aliphatic rings. The molecule has 6 heteroatoms. The first kappa shape index (κ1) is 17.1. The van der Waals surface area contributed by atoms with Gasteiger partial charge in [-0.05, 0) is 38.5 Å². The van der Waals surface area contributed by atoms with Crippen LogP contribution in [0.1, 0.15) is 26.3 Å². The third-order valence-electron chi connectivity index (χ3n) is 2.92. The Bertz CT molecular complexity index is 547. The molecule has 20 heavy (non-hydrogen) atoms. The van der Waals surface area contributed by atoms with Gasteiger partial charge in [0.1, 0.15) is 6.61 Å². The summed E-state index contributed by atoms with van der Waals surface area (Å²) in [4.78, 5) is 0. The molecule has 1 aromatic carbocycles. The molecule has 1 aromatic rings. The van der Waals surface area contributed by atoms with Crippen molar-refractivity contribution in [3.63, 3.8) is 0 Å². The lowest BCUT2D eigenvalue weighted by Gasteiger charge is -2.19. The maximum Gasteiger partial charge on any atom is 0.161 e. The lowest BCUT2D eigenvalue weighted by atomic mass is 10.2. The van der Waals surface area contributed by atoms with Gasteiger partial charge in [0.15, 0.2) is 21.3 Å². The van der Waals surface area contributed by atoms with E-state index in [-0.39, 0.29) is 12.4 Å². The Kier molecular flexibility index (Phi) is 5.71. The maximum atomic E-state index is 12.0. The summed E-state index contributed by atoms with van der Waals surface area (Å²) < 4.78 is 33.9. The highest BCUT2D eigenvalue weighted by atomic mass is 35.5. The van der Waals surface area contributed by atoms with Gasteiger partial charge in [0.2, 0.25) is 0 Å². The second-order valence-electron chi connectivity index (χ2n) is 5.40. The van der Waals surface area contributed by atoms with Gasteiger partial charge in [-0.3, -0.25) is 0 Å². The quantitative estimate of drug-likeness (QED) is 0.756. The molecule has 0 unspecified atom stereocenters. The van der Waals surface area contributed by atoms with E-state index >= 15 is 0 Å². The standard InChI is InChI=1S/C14H21ClO4S/c1-14(2,3)20(16,17)8-7-19-12-6-5-11(10-15)9-13(12)18-4/h5-6,9H,7-8,10H2,1-4H3. The molecule has 0 fully saturated rings. The van der Waals surface area contributed by atoms with Crippen LogP contribution in [0.15, 0.2) is 18.2 Å². The fourth-order valence-corrected chi connectivity index (χ4v) is 2.56. The Morgan fingerprint density at radius 3 is 2.35 bits per heavy atom. The largest absolute Gasteiger partial charge is 0.493 e. The summed E-state index contributed by atoms with van der Waals surface area (Å²) in [6.45, 7) is 5.13. The first-order valence-corrected chi connectivity index (χ1v) is 8.48. The number of halogens is 1. The molecule has 0 spiro atoms. The van der Waals surface area contributed by atoms with Gasteiger partial charge in [-0.1, -0.05) is 6.07 Å². The zero-order valence-electron chi connectivity index (χ0n) is 12.3. The highest BCUT2D eigenvalue weighted by molar-refractivity contribution is 7.92. The van der Waals surface area contributed by atoms with Gasteiger partial charge in [0.25, 0.3) is 0 Å². The van der Waals surface area contributed by atoms with E-state index in [1.165, 1.54) is 7.11 Å². The molecule has 0 saturated carbocycles. The van der Waals surface area contributed by atoms with E-state index in [4.69, 9.17) is 21.1 Å². The molecule has 0 atom stereocenters. The van der Waals surface area contributed by atoms with Gasteiger partial charge < -0.3 is 9.47 Å². The number of benzene rings is 1. The third-order valence-corrected chi connectivity index (χ3v) is 5.80. The molecule has 4 nitrogen and oxygen atoms in total. The summed E-state index contributed by atoms with van der Waals surface area (Å²) in [5.74, 6) is 1.42. The Morgan fingerprint density at radius 1 is 1.20 bits per heavy atom. The van der Waals surface area contributed by atoms with Gasteiger partial charge in [0.05, 0.1) is 17.6 Å². The molecule has 0 bridgehead atoms. The summed E-state index contributed by atoms with van der Waals surface area (Å²) in [7, 11) is -1.65. The summed E-state index contributed by atoms with van der Waals surface area (Å²) >= 11 is 5.75. The van der Waals surface area contributed by atoms with Crippen molar-refractivity contribution in [2.75, 3.05) is 19.5 Å². The highest BCUT2D eigenvalue weighted by Crippen LogP contribution is 2.28. The van der Waals surface area contributed by atoms with Gasteiger partial charge in [-0.2, -0.15) is 0 Å². The minimum atomic E-state index is -3.19. The average molecular weight is 321 g/mol. The number of hydrogen-bond donors (Lipinski definition) is 0. The van der Waals surface area contributed by atoms with E-state index in [9.17, 15) is 8.42 Å². The molecule has 0 heterocycles. The van der Waals surface area contributed by atoms with Crippen molar-refractivity contribution in [1.29, 1.82) is 0 Å². The summed E-state index contributed by atoms with van der Waals surface area (Å²) in [5.41, 5.74) is 0.915. The molecule has 0 amide bonds. The van der Waals surface area contributed by atoms with E-state index < -0.39 is 14.6 Å². The maximum absolute atomic E-state index is 12.0. The Morgan fingerprint density at radius 2 is 1.85 bits per heavy atom. The zero-order chi connectivity index (χ0) is 15.4. The highest BCUT2D eigenvalue weighted by Gasteiger charge is 2.28. The van der Waals surface area contributed by atoms with Crippen molar-refractivity contribution in [3.8, 4) is 11.5 Å². The van der Waals surface area contributed by atoms with Gasteiger partial charge in [0, 0.05) is 5.88 Å². The van der Waals surface area contributed by atoms with Crippen molar-refractivity contribution < 1.29 is 17.9 Å². The lowest BCUT2D eigenvalue weighted by Crippen LogP contribution is -2.32. The second-order valence-corrected chi connectivity index (χ2v) is 8.53. The fourth-order valence-electron chi connectivity index (χ4n) is 1.48. The molecule has 0 aliphatic carbocycles. The number of sulfone groups is 1. The van der Waals surface area contributed by atoms with E-state index in [0.29, 0.717) is 17.4 Å². The first-order valence-electron chi connectivity index (χ1n) is 6.29. The zero-order valence-corrected chi connectivity index (χ0v) is 13.8. The van der Waals surface area contributed by atoms with Crippen LogP contribution in [-0.4, -0.2) is 32.6 Å². The van der Waals surface area contributed by atoms with Crippen LogP contribution in [0.2, 0.25) is 0 Å². The van der Waals surface area contributed by atoms with E-state index in [2.05, 4.69) is 0 Å². The average Bonchev–Trinajstić information content (AvgIpc) is 2.37. The van der Waals surface area contributed by atoms with Gasteiger partial charge in [-0.15, -0.1) is 11.6 Å². The summed E-state index contributed by atoms with van der Waals surface area (Å²) in [5, 5.41) is 0. The minimum absolute atomic E-state index is 0.0308. The van der Waals surface area contributed by atoms with Crippen molar-refractivity contribution in [3.05, 3.63) is 23.8 Å². The van der Waals surface area contributed by atoms with Crippen LogP contribution in [0.25, 0.3) is 0 Å². The predicted octanol–water partition coefficient (Wildman–Crippen LogP) is 3.03. The van der Waals surface area contributed by atoms with Crippen LogP contribution in [0.5, 0.6) is 11.5 Å². The molecule has 0 aromatic heterocycles. The van der Waals surface area contributed by atoms with Gasteiger partial charge in [-0.25, -0.2) is 8.42 Å². The minimum Gasteiger partial charge on any atom is -0.493 e. The Balaban J connectivity index is 2.72. The SMILES string of the molecule is COc1cc(CCl)ccc1OCCS(=O)(=O)C(C)(C)C. The molecular formula is C14H21ClO4S. The molecular weight excluding hydrogens is 300 g/mol. The van der Waals surface area contributed by atoms with Crippen molar-refractivity contribution in [2.24, 2.45) is 0 Å². The number of methoxy groups -OCH3 is 1. The fraction of sp³-hybridized carbons (Fsp3) is 0.571. The smallest absolute Gasteiger partial charge is 0.161 e. The molecule has 0 radical (unpaired) electrons. The van der Waals surface area contributed by atoms with Crippen LogP contribution >= 0.6 is 11.6 Å². The van der Waals surface area contributed by atoms with E-state index in [1.807, 2.05) is 6.07 Å². The van der Waals surface area contributed by atoms with Crippen molar-refractivity contribution in [2.45, 2.75) is 31.4 Å². The van der Waals surface area contributed by atoms with E-state index in [0.717, 1.165) is 5.56 Å². The molecule has 114 valence electrons. The number of alkyl halides is 1.